The molecule has 0 unspecified atom stereocenters. The summed E-state index contributed by atoms with van der Waals surface area (Å²) in [5.74, 6) is -0.359. The fourth-order valence-corrected chi connectivity index (χ4v) is 2.63. The average Bonchev–Trinajstić information content (AvgIpc) is 3.13. The van der Waals surface area contributed by atoms with Crippen LogP contribution in [-0.4, -0.2) is 17.1 Å². The predicted octanol–water partition coefficient (Wildman–Crippen LogP) is 4.06. The first-order chi connectivity index (χ1) is 12.7. The van der Waals surface area contributed by atoms with Gasteiger partial charge in [0, 0.05) is 23.6 Å². The Morgan fingerprint density at radius 1 is 1.00 bits per heavy atom. The zero-order valence-electron chi connectivity index (χ0n) is 14.1. The van der Waals surface area contributed by atoms with Crippen molar-refractivity contribution in [2.45, 2.75) is 6.92 Å². The van der Waals surface area contributed by atoms with Crippen molar-refractivity contribution in [2.24, 2.45) is 0 Å². The van der Waals surface area contributed by atoms with Crippen molar-refractivity contribution in [2.75, 3.05) is 6.61 Å². The maximum absolute atomic E-state index is 11.7. The smallest absolute Gasteiger partial charge is 0.338 e. The lowest BCUT2D eigenvalue weighted by atomic mass is 10.0. The summed E-state index contributed by atoms with van der Waals surface area (Å²) in [4.78, 5) is 11.7. The van der Waals surface area contributed by atoms with Gasteiger partial charge in [-0.3, -0.25) is 0 Å². The Morgan fingerprint density at radius 3 is 2.27 bits per heavy atom. The minimum Gasteiger partial charge on any atom is -0.462 e. The second-order valence-electron chi connectivity index (χ2n) is 5.56. The number of aromatic nitrogens is 1. The Balaban J connectivity index is 1.94. The van der Waals surface area contributed by atoms with Gasteiger partial charge < -0.3 is 9.30 Å². The van der Waals surface area contributed by atoms with Gasteiger partial charge in [0.15, 0.2) is 0 Å². The van der Waals surface area contributed by atoms with Gasteiger partial charge in [0.1, 0.15) is 6.07 Å². The number of carbonyl (C=O) groups is 1. The third-order valence-electron chi connectivity index (χ3n) is 3.95. The Hall–Kier alpha value is -3.83. The molecule has 1 heterocycles. The van der Waals surface area contributed by atoms with Gasteiger partial charge in [0.25, 0.3) is 0 Å². The summed E-state index contributed by atoms with van der Waals surface area (Å²) in [6, 6.07) is 18.4. The number of carbonyl (C=O) groups excluding carboxylic acids is 1. The quantitative estimate of drug-likeness (QED) is 0.670. The number of nitrogens with zero attached hydrogens (tertiary/aromatic N) is 3. The molecule has 0 atom stereocenters. The zero-order chi connectivity index (χ0) is 18.5. The van der Waals surface area contributed by atoms with E-state index >= 15 is 0 Å². The molecule has 26 heavy (non-hydrogen) atoms. The van der Waals surface area contributed by atoms with Gasteiger partial charge >= 0.3 is 5.97 Å². The normalized spacial score (nSPS) is 9.96. The van der Waals surface area contributed by atoms with Crippen LogP contribution in [0.1, 0.15) is 28.4 Å². The van der Waals surface area contributed by atoms with Gasteiger partial charge in [-0.25, -0.2) is 4.79 Å². The predicted molar refractivity (Wildman–Crippen MR) is 96.6 cm³/mol. The van der Waals surface area contributed by atoms with Crippen LogP contribution in [0, 0.1) is 22.7 Å². The van der Waals surface area contributed by atoms with Crippen LogP contribution >= 0.6 is 0 Å². The van der Waals surface area contributed by atoms with Crippen molar-refractivity contribution < 1.29 is 9.53 Å². The number of rotatable bonds is 4. The van der Waals surface area contributed by atoms with Crippen LogP contribution in [0.2, 0.25) is 0 Å². The average molecular weight is 341 g/mol. The topological polar surface area (TPSA) is 78.8 Å². The van der Waals surface area contributed by atoms with E-state index in [1.165, 1.54) is 0 Å². The lowest BCUT2D eigenvalue weighted by Gasteiger charge is -2.05. The summed E-state index contributed by atoms with van der Waals surface area (Å²) in [7, 11) is 0. The highest BCUT2D eigenvalue weighted by atomic mass is 16.5. The zero-order valence-corrected chi connectivity index (χ0v) is 14.1. The molecule has 5 nitrogen and oxygen atoms in total. The lowest BCUT2D eigenvalue weighted by Crippen LogP contribution is -2.04. The van der Waals surface area contributed by atoms with Crippen LogP contribution in [0.15, 0.2) is 60.9 Å². The number of hydrogen-bond donors (Lipinski definition) is 0. The van der Waals surface area contributed by atoms with Crippen LogP contribution in [0.5, 0.6) is 0 Å². The van der Waals surface area contributed by atoms with E-state index in [0.717, 1.165) is 16.8 Å². The van der Waals surface area contributed by atoms with Gasteiger partial charge in [0.05, 0.1) is 29.4 Å². The molecule has 5 heteroatoms. The molecule has 0 aliphatic rings. The van der Waals surface area contributed by atoms with Gasteiger partial charge in [-0.2, -0.15) is 10.5 Å². The molecule has 0 spiro atoms. The second-order valence-corrected chi connectivity index (χ2v) is 5.56. The highest BCUT2D eigenvalue weighted by Crippen LogP contribution is 2.26. The van der Waals surface area contributed by atoms with Gasteiger partial charge in [0.2, 0.25) is 0 Å². The molecular weight excluding hydrogens is 326 g/mol. The van der Waals surface area contributed by atoms with Crippen LogP contribution in [0.3, 0.4) is 0 Å². The van der Waals surface area contributed by atoms with Crippen molar-refractivity contribution in [1.82, 2.24) is 4.57 Å². The molecule has 0 bridgehead atoms. The van der Waals surface area contributed by atoms with Crippen LogP contribution in [-0.2, 0) is 4.74 Å². The minimum absolute atomic E-state index is 0.331. The fraction of sp³-hybridized carbons (Fsp3) is 0.0952. The number of esters is 1. The molecule has 3 aromatic rings. The summed E-state index contributed by atoms with van der Waals surface area (Å²) in [5.41, 5.74) is 4.06. The maximum Gasteiger partial charge on any atom is 0.338 e. The Bertz CT molecular complexity index is 1020. The molecule has 0 amide bonds. The van der Waals surface area contributed by atoms with E-state index in [0.29, 0.717) is 23.3 Å². The van der Waals surface area contributed by atoms with Crippen molar-refractivity contribution in [3.63, 3.8) is 0 Å². The number of ether oxygens (including phenoxy) is 1. The maximum atomic E-state index is 11.7. The van der Waals surface area contributed by atoms with Crippen LogP contribution < -0.4 is 0 Å². The largest absolute Gasteiger partial charge is 0.462 e. The summed E-state index contributed by atoms with van der Waals surface area (Å²) in [5, 5.41) is 18.3. The Labute approximate surface area is 151 Å². The standard InChI is InChI=1S/C21H15N3O2/c1-2-26-21(25)17-7-9-19(10-8-17)24-13-18(12-23)20(14-24)16-5-3-15(11-22)4-6-16/h3-10,13-14H,2H2,1H3. The van der Waals surface area contributed by atoms with E-state index in [-0.39, 0.29) is 5.97 Å². The third-order valence-corrected chi connectivity index (χ3v) is 3.95. The molecule has 0 saturated carbocycles. The molecule has 0 aliphatic carbocycles. The molecule has 2 aromatic carbocycles. The molecule has 1 aromatic heterocycles. The van der Waals surface area contributed by atoms with Gasteiger partial charge in [-0.05, 0) is 48.9 Å². The van der Waals surface area contributed by atoms with Crippen molar-refractivity contribution in [3.8, 4) is 29.0 Å². The minimum atomic E-state index is -0.359. The van der Waals surface area contributed by atoms with Crippen LogP contribution in [0.25, 0.3) is 16.8 Å². The first kappa shape index (κ1) is 17.0. The highest BCUT2D eigenvalue weighted by molar-refractivity contribution is 5.89. The van der Waals surface area contributed by atoms with E-state index in [9.17, 15) is 10.1 Å². The van der Waals surface area contributed by atoms with Gasteiger partial charge in [-0.15, -0.1) is 0 Å². The van der Waals surface area contributed by atoms with Crippen molar-refractivity contribution >= 4 is 5.97 Å². The van der Waals surface area contributed by atoms with Crippen molar-refractivity contribution in [1.29, 1.82) is 10.5 Å². The molecule has 0 radical (unpaired) electrons. The molecule has 0 fully saturated rings. The summed E-state index contributed by atoms with van der Waals surface area (Å²) in [6.07, 6.45) is 3.60. The Kier molecular flexibility index (Phi) is 4.83. The fourth-order valence-electron chi connectivity index (χ4n) is 2.63. The van der Waals surface area contributed by atoms with E-state index in [1.807, 2.05) is 22.9 Å². The van der Waals surface area contributed by atoms with Crippen LogP contribution in [0.4, 0.5) is 0 Å². The molecule has 0 aliphatic heterocycles. The van der Waals surface area contributed by atoms with Gasteiger partial charge in [-0.1, -0.05) is 12.1 Å². The van der Waals surface area contributed by atoms with E-state index in [1.54, 1.807) is 49.5 Å². The second kappa shape index (κ2) is 7.38. The number of hydrogen-bond acceptors (Lipinski definition) is 4. The highest BCUT2D eigenvalue weighted by Gasteiger charge is 2.11. The molecule has 0 saturated heterocycles. The molecule has 3 rings (SSSR count). The molecular formula is C21H15N3O2. The first-order valence-electron chi connectivity index (χ1n) is 8.06. The van der Waals surface area contributed by atoms with E-state index in [2.05, 4.69) is 12.1 Å². The summed E-state index contributed by atoms with van der Waals surface area (Å²) < 4.78 is 6.81. The van der Waals surface area contributed by atoms with E-state index < -0.39 is 0 Å². The SMILES string of the molecule is CCOC(=O)c1ccc(-n2cc(C#N)c(-c3ccc(C#N)cc3)c2)cc1. The third kappa shape index (κ3) is 3.33. The Morgan fingerprint density at radius 2 is 1.69 bits per heavy atom. The monoisotopic (exact) mass is 341 g/mol. The number of nitriles is 2. The molecule has 126 valence electrons. The first-order valence-corrected chi connectivity index (χ1v) is 8.06. The summed E-state index contributed by atoms with van der Waals surface area (Å²) >= 11 is 0. The molecule has 0 N–H and O–H groups in total. The number of benzene rings is 2. The summed E-state index contributed by atoms with van der Waals surface area (Å²) in [6.45, 7) is 2.10. The van der Waals surface area contributed by atoms with E-state index in [4.69, 9.17) is 10.00 Å². The lowest BCUT2D eigenvalue weighted by molar-refractivity contribution is 0.0526. The van der Waals surface area contributed by atoms with Crippen molar-refractivity contribution in [3.05, 3.63) is 77.6 Å².